The Hall–Kier alpha value is -1.000. The zero-order chi connectivity index (χ0) is 14.0. The van der Waals surface area contributed by atoms with Crippen LogP contribution in [0.25, 0.3) is 0 Å². The first-order valence-corrected chi connectivity index (χ1v) is 7.44. The summed E-state index contributed by atoms with van der Waals surface area (Å²) in [7, 11) is 0. The number of rotatable bonds is 3. The number of hydrogen-bond acceptors (Lipinski definition) is 3. The summed E-state index contributed by atoms with van der Waals surface area (Å²) >= 11 is 4.67. The lowest BCUT2D eigenvalue weighted by molar-refractivity contribution is -0.121. The van der Waals surface area contributed by atoms with Gasteiger partial charge in [0.05, 0.1) is 5.69 Å². The van der Waals surface area contributed by atoms with Gasteiger partial charge in [0, 0.05) is 13.0 Å². The Kier molecular flexibility index (Phi) is 4.53. The number of anilines is 1. The third-order valence-electron chi connectivity index (χ3n) is 3.79. The molecule has 0 aromatic heterocycles. The van der Waals surface area contributed by atoms with Crippen LogP contribution < -0.4 is 4.90 Å². The Morgan fingerprint density at radius 2 is 2.11 bits per heavy atom. The van der Waals surface area contributed by atoms with Crippen molar-refractivity contribution in [2.24, 2.45) is 0 Å². The zero-order valence-electron chi connectivity index (χ0n) is 11.9. The molecule has 0 spiro atoms. The van der Waals surface area contributed by atoms with Crippen LogP contribution in [0, 0.1) is 6.92 Å². The molecule has 1 heterocycles. The lowest BCUT2D eigenvalue weighted by atomic mass is 10.0. The fourth-order valence-electron chi connectivity index (χ4n) is 2.68. The number of thiol groups is 1. The van der Waals surface area contributed by atoms with Crippen LogP contribution in [0.2, 0.25) is 0 Å². The maximum Gasteiger partial charge on any atom is 0.230 e. The summed E-state index contributed by atoms with van der Waals surface area (Å²) in [6.45, 7) is 8.00. The second kappa shape index (κ2) is 5.97. The topological polar surface area (TPSA) is 23.6 Å². The molecular weight excluding hydrogens is 256 g/mol. The van der Waals surface area contributed by atoms with Crippen molar-refractivity contribution < 1.29 is 4.79 Å². The molecule has 3 nitrogen and oxygen atoms in total. The lowest BCUT2D eigenvalue weighted by Crippen LogP contribution is -2.54. The minimum Gasteiger partial charge on any atom is -0.286 e. The van der Waals surface area contributed by atoms with Gasteiger partial charge in [0.25, 0.3) is 0 Å². The highest BCUT2D eigenvalue weighted by Gasteiger charge is 2.33. The van der Waals surface area contributed by atoms with Gasteiger partial charge >= 0.3 is 0 Å². The van der Waals surface area contributed by atoms with E-state index in [1.165, 1.54) is 5.56 Å². The van der Waals surface area contributed by atoms with E-state index in [2.05, 4.69) is 56.5 Å². The number of amides is 1. The summed E-state index contributed by atoms with van der Waals surface area (Å²) < 4.78 is 0. The van der Waals surface area contributed by atoms with E-state index in [0.29, 0.717) is 6.42 Å². The number of carbonyl (C=O) groups is 1. The van der Waals surface area contributed by atoms with Crippen LogP contribution in [-0.4, -0.2) is 29.4 Å². The van der Waals surface area contributed by atoms with Gasteiger partial charge in [-0.05, 0) is 31.0 Å². The number of carbonyl (C=O) groups excluding carboxylic acids is 1. The molecule has 1 aromatic rings. The molecule has 1 saturated heterocycles. The quantitative estimate of drug-likeness (QED) is 0.860. The lowest BCUT2D eigenvalue weighted by Gasteiger charge is -2.41. The van der Waals surface area contributed by atoms with Gasteiger partial charge in [-0.15, -0.1) is 12.6 Å². The fourth-order valence-corrected chi connectivity index (χ4v) is 3.20. The second-order valence-electron chi connectivity index (χ2n) is 4.92. The normalized spacial score (nSPS) is 20.9. The van der Waals surface area contributed by atoms with Crippen molar-refractivity contribution in [3.05, 3.63) is 29.3 Å². The van der Waals surface area contributed by atoms with Gasteiger partial charge in [-0.25, -0.2) is 0 Å². The smallest absolute Gasteiger partial charge is 0.230 e. The Morgan fingerprint density at radius 3 is 2.74 bits per heavy atom. The molecule has 1 unspecified atom stereocenters. The molecule has 2 rings (SSSR count). The van der Waals surface area contributed by atoms with Gasteiger partial charge in [0.1, 0.15) is 5.50 Å². The molecule has 0 radical (unpaired) electrons. The Balaban J connectivity index is 2.46. The van der Waals surface area contributed by atoms with Crippen molar-refractivity contribution in [3.63, 3.8) is 0 Å². The maximum absolute atomic E-state index is 12.3. The van der Waals surface area contributed by atoms with Crippen molar-refractivity contribution in [2.45, 2.75) is 39.1 Å². The van der Waals surface area contributed by atoms with Crippen LogP contribution in [0.3, 0.4) is 0 Å². The standard InChI is InChI=1S/C15H22N2OS/c1-4-12-8-6-7-11(3)14(12)17-13(18)9-10-16(5-2)15(17)19/h6-8,15,19H,4-5,9-10H2,1-3H3. The molecule has 0 N–H and O–H groups in total. The van der Waals surface area contributed by atoms with E-state index in [1.54, 1.807) is 0 Å². The van der Waals surface area contributed by atoms with Crippen LogP contribution in [0.4, 0.5) is 5.69 Å². The molecule has 1 aliphatic heterocycles. The number of hydrogen-bond donors (Lipinski definition) is 1. The average Bonchev–Trinajstić information content (AvgIpc) is 2.40. The van der Waals surface area contributed by atoms with Crippen molar-refractivity contribution in [1.82, 2.24) is 4.90 Å². The summed E-state index contributed by atoms with van der Waals surface area (Å²) in [5, 5.41) is 0. The van der Waals surface area contributed by atoms with E-state index in [9.17, 15) is 4.79 Å². The molecule has 0 saturated carbocycles. The summed E-state index contributed by atoms with van der Waals surface area (Å²) in [6, 6.07) is 6.21. The van der Waals surface area contributed by atoms with Gasteiger partial charge in [0.15, 0.2) is 0 Å². The van der Waals surface area contributed by atoms with E-state index < -0.39 is 0 Å². The van der Waals surface area contributed by atoms with E-state index in [1.807, 2.05) is 4.90 Å². The molecule has 1 aliphatic rings. The van der Waals surface area contributed by atoms with Crippen LogP contribution in [0.1, 0.15) is 31.4 Å². The van der Waals surface area contributed by atoms with Crippen LogP contribution in [0.15, 0.2) is 18.2 Å². The number of nitrogens with zero attached hydrogens (tertiary/aromatic N) is 2. The number of benzene rings is 1. The van der Waals surface area contributed by atoms with Gasteiger partial charge in [0.2, 0.25) is 5.91 Å². The molecule has 104 valence electrons. The fraction of sp³-hybridized carbons (Fsp3) is 0.533. The third kappa shape index (κ3) is 2.65. The summed E-state index contributed by atoms with van der Waals surface area (Å²) in [4.78, 5) is 16.4. The highest BCUT2D eigenvalue weighted by Crippen LogP contribution is 2.32. The minimum atomic E-state index is -0.155. The SMILES string of the molecule is CCc1cccc(C)c1N1C(=O)CCN(CC)C1S. The van der Waals surface area contributed by atoms with Crippen LogP contribution in [0.5, 0.6) is 0 Å². The Morgan fingerprint density at radius 1 is 1.37 bits per heavy atom. The van der Waals surface area contributed by atoms with Crippen molar-refractivity contribution in [2.75, 3.05) is 18.0 Å². The second-order valence-corrected chi connectivity index (χ2v) is 5.39. The van der Waals surface area contributed by atoms with Gasteiger partial charge in [-0.1, -0.05) is 32.0 Å². The van der Waals surface area contributed by atoms with E-state index in [0.717, 1.165) is 30.8 Å². The first-order chi connectivity index (χ1) is 9.10. The van der Waals surface area contributed by atoms with Crippen molar-refractivity contribution >= 4 is 24.2 Å². The van der Waals surface area contributed by atoms with E-state index in [-0.39, 0.29) is 11.4 Å². The highest BCUT2D eigenvalue weighted by atomic mass is 32.1. The summed E-state index contributed by atoms with van der Waals surface area (Å²) in [6.07, 6.45) is 1.50. The highest BCUT2D eigenvalue weighted by molar-refractivity contribution is 7.81. The molecule has 0 bridgehead atoms. The number of para-hydroxylation sites is 1. The predicted molar refractivity (Wildman–Crippen MR) is 82.7 cm³/mol. The summed E-state index contributed by atoms with van der Waals surface area (Å²) in [5.41, 5.74) is 3.25. The molecule has 4 heteroatoms. The van der Waals surface area contributed by atoms with Crippen molar-refractivity contribution in [3.8, 4) is 0 Å². The first kappa shape index (κ1) is 14.4. The molecule has 1 aromatic carbocycles. The van der Waals surface area contributed by atoms with E-state index in [4.69, 9.17) is 0 Å². The van der Waals surface area contributed by atoms with Crippen LogP contribution >= 0.6 is 12.6 Å². The van der Waals surface area contributed by atoms with Crippen LogP contribution in [-0.2, 0) is 11.2 Å². The first-order valence-electron chi connectivity index (χ1n) is 6.92. The van der Waals surface area contributed by atoms with Gasteiger partial charge in [-0.3, -0.25) is 14.6 Å². The minimum absolute atomic E-state index is 0.155. The molecule has 1 fully saturated rings. The number of aryl methyl sites for hydroxylation is 2. The van der Waals surface area contributed by atoms with Gasteiger partial charge in [-0.2, -0.15) is 0 Å². The Labute approximate surface area is 121 Å². The van der Waals surface area contributed by atoms with Crippen molar-refractivity contribution in [1.29, 1.82) is 0 Å². The van der Waals surface area contributed by atoms with E-state index >= 15 is 0 Å². The average molecular weight is 278 g/mol. The Bertz CT molecular complexity index is 475. The molecule has 1 amide bonds. The molecule has 19 heavy (non-hydrogen) atoms. The van der Waals surface area contributed by atoms with Gasteiger partial charge < -0.3 is 0 Å². The third-order valence-corrected chi connectivity index (χ3v) is 4.35. The zero-order valence-corrected chi connectivity index (χ0v) is 12.8. The summed E-state index contributed by atoms with van der Waals surface area (Å²) in [5.74, 6) is 0.175. The maximum atomic E-state index is 12.3. The monoisotopic (exact) mass is 278 g/mol. The molecular formula is C15H22N2OS. The predicted octanol–water partition coefficient (Wildman–Crippen LogP) is 2.83. The molecule has 1 atom stereocenters. The molecule has 0 aliphatic carbocycles. The largest absolute Gasteiger partial charge is 0.286 e.